The Bertz CT molecular complexity index is 764. The number of hydrogen-bond donors (Lipinski definition) is 2. The molecule has 0 amide bonds. The van der Waals surface area contributed by atoms with E-state index in [9.17, 15) is 4.39 Å². The van der Waals surface area contributed by atoms with Crippen LogP contribution in [-0.2, 0) is 6.42 Å². The summed E-state index contributed by atoms with van der Waals surface area (Å²) >= 11 is 0. The molecule has 4 heteroatoms. The van der Waals surface area contributed by atoms with Crippen LogP contribution in [0.3, 0.4) is 0 Å². The van der Waals surface area contributed by atoms with Crippen LogP contribution in [0.25, 0.3) is 11.0 Å². The first-order valence-electron chi connectivity index (χ1n) is 7.08. The van der Waals surface area contributed by atoms with Crippen molar-refractivity contribution in [1.29, 1.82) is 0 Å². The highest BCUT2D eigenvalue weighted by molar-refractivity contribution is 5.79. The van der Waals surface area contributed by atoms with Crippen LogP contribution < -0.4 is 5.32 Å². The lowest BCUT2D eigenvalue weighted by Gasteiger charge is -2.15. The number of aromatic amines is 1. The number of anilines is 1. The standard InChI is InChI=1S/C17H18FN3/c1-11(9-13-5-3-4-6-15(13)18)19-14-7-8-16-17(10-14)21-12(2)20-16/h3-8,10-11,19H,9H2,1-2H3,(H,20,21). The van der Waals surface area contributed by atoms with Crippen molar-refractivity contribution in [2.24, 2.45) is 0 Å². The van der Waals surface area contributed by atoms with Crippen LogP contribution in [0.2, 0.25) is 0 Å². The van der Waals surface area contributed by atoms with Crippen molar-refractivity contribution in [3.05, 3.63) is 59.7 Å². The largest absolute Gasteiger partial charge is 0.382 e. The lowest BCUT2D eigenvalue weighted by Crippen LogP contribution is -2.18. The lowest BCUT2D eigenvalue weighted by molar-refractivity contribution is 0.601. The average Bonchev–Trinajstić information content (AvgIpc) is 2.80. The summed E-state index contributed by atoms with van der Waals surface area (Å²) in [6.45, 7) is 3.99. The minimum absolute atomic E-state index is 0.142. The number of aryl methyl sites for hydroxylation is 1. The zero-order valence-electron chi connectivity index (χ0n) is 12.2. The molecular formula is C17H18FN3. The number of benzene rings is 2. The Kier molecular flexibility index (Phi) is 3.60. The summed E-state index contributed by atoms with van der Waals surface area (Å²) in [7, 11) is 0. The first kappa shape index (κ1) is 13.6. The third kappa shape index (κ3) is 3.05. The second-order valence-electron chi connectivity index (χ2n) is 5.40. The van der Waals surface area contributed by atoms with E-state index in [-0.39, 0.29) is 11.9 Å². The van der Waals surface area contributed by atoms with Crippen LogP contribution in [0.15, 0.2) is 42.5 Å². The Morgan fingerprint density at radius 1 is 1.24 bits per heavy atom. The molecule has 1 heterocycles. The van der Waals surface area contributed by atoms with Crippen molar-refractivity contribution in [3.8, 4) is 0 Å². The van der Waals surface area contributed by atoms with Gasteiger partial charge in [0.05, 0.1) is 11.0 Å². The molecule has 3 aromatic rings. The molecule has 0 fully saturated rings. The van der Waals surface area contributed by atoms with Gasteiger partial charge >= 0.3 is 0 Å². The zero-order chi connectivity index (χ0) is 14.8. The summed E-state index contributed by atoms with van der Waals surface area (Å²) in [5.74, 6) is 0.757. The quantitative estimate of drug-likeness (QED) is 0.758. The van der Waals surface area contributed by atoms with Crippen LogP contribution in [-0.4, -0.2) is 16.0 Å². The highest BCUT2D eigenvalue weighted by Crippen LogP contribution is 2.19. The summed E-state index contributed by atoms with van der Waals surface area (Å²) in [4.78, 5) is 7.60. The minimum atomic E-state index is -0.147. The average molecular weight is 283 g/mol. The van der Waals surface area contributed by atoms with Gasteiger partial charge in [-0.05, 0) is 50.1 Å². The zero-order valence-corrected chi connectivity index (χ0v) is 12.2. The predicted molar refractivity (Wildman–Crippen MR) is 84.0 cm³/mol. The molecule has 21 heavy (non-hydrogen) atoms. The molecule has 0 aliphatic carbocycles. The van der Waals surface area contributed by atoms with E-state index in [1.807, 2.05) is 37.3 Å². The van der Waals surface area contributed by atoms with Crippen molar-refractivity contribution < 1.29 is 4.39 Å². The third-order valence-corrected chi connectivity index (χ3v) is 3.50. The van der Waals surface area contributed by atoms with Gasteiger partial charge in [-0.3, -0.25) is 0 Å². The smallest absolute Gasteiger partial charge is 0.126 e. The molecule has 0 spiro atoms. The third-order valence-electron chi connectivity index (χ3n) is 3.50. The Balaban J connectivity index is 1.73. The maximum Gasteiger partial charge on any atom is 0.126 e. The van der Waals surface area contributed by atoms with Crippen LogP contribution >= 0.6 is 0 Å². The number of nitrogens with one attached hydrogen (secondary N) is 2. The van der Waals surface area contributed by atoms with Gasteiger partial charge in [0.2, 0.25) is 0 Å². The maximum atomic E-state index is 13.7. The van der Waals surface area contributed by atoms with Crippen molar-refractivity contribution in [3.63, 3.8) is 0 Å². The molecule has 0 aliphatic rings. The van der Waals surface area contributed by atoms with Crippen LogP contribution in [0.1, 0.15) is 18.3 Å². The molecule has 2 N–H and O–H groups in total. The predicted octanol–water partition coefficient (Wildman–Crippen LogP) is 4.05. The van der Waals surface area contributed by atoms with E-state index in [1.54, 1.807) is 6.07 Å². The summed E-state index contributed by atoms with van der Waals surface area (Å²) in [5.41, 5.74) is 3.71. The number of aromatic nitrogens is 2. The van der Waals surface area contributed by atoms with E-state index in [4.69, 9.17) is 0 Å². The highest BCUT2D eigenvalue weighted by atomic mass is 19.1. The first-order valence-corrected chi connectivity index (χ1v) is 7.08. The molecule has 1 aromatic heterocycles. The van der Waals surface area contributed by atoms with Gasteiger partial charge in [-0.15, -0.1) is 0 Å². The van der Waals surface area contributed by atoms with Gasteiger partial charge in [-0.1, -0.05) is 18.2 Å². The number of hydrogen-bond acceptors (Lipinski definition) is 2. The van der Waals surface area contributed by atoms with Gasteiger partial charge in [0.25, 0.3) is 0 Å². The number of halogens is 1. The van der Waals surface area contributed by atoms with Gasteiger partial charge in [0.15, 0.2) is 0 Å². The molecule has 3 nitrogen and oxygen atoms in total. The topological polar surface area (TPSA) is 40.7 Å². The van der Waals surface area contributed by atoms with Gasteiger partial charge in [-0.25, -0.2) is 9.37 Å². The molecule has 3 rings (SSSR count). The number of rotatable bonds is 4. The molecule has 0 radical (unpaired) electrons. The Morgan fingerprint density at radius 2 is 2.05 bits per heavy atom. The summed E-state index contributed by atoms with van der Waals surface area (Å²) in [5, 5.41) is 3.40. The molecule has 108 valence electrons. The fourth-order valence-electron chi connectivity index (χ4n) is 2.56. The molecule has 0 saturated heterocycles. The maximum absolute atomic E-state index is 13.7. The fraction of sp³-hybridized carbons (Fsp3) is 0.235. The van der Waals surface area contributed by atoms with Crippen molar-refractivity contribution in [1.82, 2.24) is 9.97 Å². The van der Waals surface area contributed by atoms with Crippen molar-refractivity contribution >= 4 is 16.7 Å². The van der Waals surface area contributed by atoms with E-state index >= 15 is 0 Å². The van der Waals surface area contributed by atoms with E-state index < -0.39 is 0 Å². The fourth-order valence-corrected chi connectivity index (χ4v) is 2.56. The number of H-pyrrole nitrogens is 1. The Morgan fingerprint density at radius 3 is 2.86 bits per heavy atom. The summed E-state index contributed by atoms with van der Waals surface area (Å²) in [6, 6.07) is 13.1. The number of nitrogens with zero attached hydrogens (tertiary/aromatic N) is 1. The molecular weight excluding hydrogens is 265 g/mol. The van der Waals surface area contributed by atoms with E-state index in [2.05, 4.69) is 22.2 Å². The van der Waals surface area contributed by atoms with Crippen LogP contribution in [0, 0.1) is 12.7 Å². The second kappa shape index (κ2) is 5.56. The van der Waals surface area contributed by atoms with Crippen molar-refractivity contribution in [2.45, 2.75) is 26.3 Å². The molecule has 0 bridgehead atoms. The SMILES string of the molecule is Cc1nc2ccc(NC(C)Cc3ccccc3F)cc2[nH]1. The van der Waals surface area contributed by atoms with Gasteiger partial charge < -0.3 is 10.3 Å². The van der Waals surface area contributed by atoms with Gasteiger partial charge in [0, 0.05) is 11.7 Å². The number of fused-ring (bicyclic) bond motifs is 1. The van der Waals surface area contributed by atoms with E-state index in [1.165, 1.54) is 6.07 Å². The lowest BCUT2D eigenvalue weighted by atomic mass is 10.1. The Labute approximate surface area is 123 Å². The first-order chi connectivity index (χ1) is 10.1. The summed E-state index contributed by atoms with van der Waals surface area (Å²) in [6.07, 6.45) is 0.646. The van der Waals surface area contributed by atoms with E-state index in [0.717, 1.165) is 28.1 Å². The minimum Gasteiger partial charge on any atom is -0.382 e. The van der Waals surface area contributed by atoms with Crippen LogP contribution in [0.5, 0.6) is 0 Å². The normalized spacial score (nSPS) is 12.5. The molecule has 0 aliphatic heterocycles. The highest BCUT2D eigenvalue weighted by Gasteiger charge is 2.08. The van der Waals surface area contributed by atoms with Gasteiger partial charge in [0.1, 0.15) is 11.6 Å². The van der Waals surface area contributed by atoms with Gasteiger partial charge in [-0.2, -0.15) is 0 Å². The second-order valence-corrected chi connectivity index (χ2v) is 5.40. The molecule has 2 aromatic carbocycles. The summed E-state index contributed by atoms with van der Waals surface area (Å²) < 4.78 is 13.7. The monoisotopic (exact) mass is 283 g/mol. The Hall–Kier alpha value is -2.36. The number of imidazole rings is 1. The molecule has 1 atom stereocenters. The molecule has 0 saturated carbocycles. The van der Waals surface area contributed by atoms with Crippen LogP contribution in [0.4, 0.5) is 10.1 Å². The van der Waals surface area contributed by atoms with E-state index in [0.29, 0.717) is 6.42 Å². The van der Waals surface area contributed by atoms with Crippen molar-refractivity contribution in [2.75, 3.05) is 5.32 Å². The molecule has 1 unspecified atom stereocenters.